The molecule has 1 amide bonds. The zero-order valence-corrected chi connectivity index (χ0v) is 21.6. The summed E-state index contributed by atoms with van der Waals surface area (Å²) in [5.41, 5.74) is 5.96. The van der Waals surface area contributed by atoms with Crippen molar-refractivity contribution in [1.82, 2.24) is 29.4 Å². The van der Waals surface area contributed by atoms with E-state index in [2.05, 4.69) is 21.0 Å². The molecule has 0 aliphatic carbocycles. The number of carbonyl (C=O) groups is 1. The molecule has 1 saturated heterocycles. The van der Waals surface area contributed by atoms with Crippen LogP contribution < -0.4 is 5.69 Å². The largest absolute Gasteiger partial charge is 0.465 e. The van der Waals surface area contributed by atoms with Crippen molar-refractivity contribution >= 4 is 39.1 Å². The van der Waals surface area contributed by atoms with E-state index in [1.165, 1.54) is 4.90 Å². The van der Waals surface area contributed by atoms with Gasteiger partial charge in [0.15, 0.2) is 0 Å². The molecule has 2 atom stereocenters. The van der Waals surface area contributed by atoms with E-state index in [4.69, 9.17) is 4.98 Å². The first-order valence-electron chi connectivity index (χ1n) is 13.3. The standard InChI is InChI=1S/C31H26N6O3/c38-30-35-27-18-33-26-11-10-25(21-15-20-8-4-5-9-24(20)32-17-21)34-28(26)29(27)37(30)22-12-13-36(31(39)40)23(16-22)14-19-6-2-1-3-7-19/h1-11,15,17-18,22-23H,12-14,16H2,(H,35,38)(H,39,40). The third kappa shape index (κ3) is 4.16. The minimum atomic E-state index is -0.935. The van der Waals surface area contributed by atoms with Gasteiger partial charge >= 0.3 is 11.8 Å². The number of aromatic nitrogens is 5. The second kappa shape index (κ2) is 9.60. The van der Waals surface area contributed by atoms with Crippen molar-refractivity contribution in [3.63, 3.8) is 0 Å². The normalized spacial score (nSPS) is 17.6. The summed E-state index contributed by atoms with van der Waals surface area (Å²) >= 11 is 0. The highest BCUT2D eigenvalue weighted by Gasteiger charge is 2.34. The first kappa shape index (κ1) is 24.0. The molecule has 1 fully saturated rings. The van der Waals surface area contributed by atoms with Crippen LogP contribution in [0.5, 0.6) is 0 Å². The van der Waals surface area contributed by atoms with Crippen LogP contribution in [0.25, 0.3) is 44.2 Å². The molecule has 198 valence electrons. The number of pyridine rings is 3. The summed E-state index contributed by atoms with van der Waals surface area (Å²) in [6, 6.07) is 23.3. The van der Waals surface area contributed by atoms with Gasteiger partial charge in [-0.1, -0.05) is 48.5 Å². The van der Waals surface area contributed by atoms with Gasteiger partial charge in [-0.25, -0.2) is 14.6 Å². The molecule has 2 aromatic carbocycles. The quantitative estimate of drug-likeness (QED) is 0.315. The summed E-state index contributed by atoms with van der Waals surface area (Å²) < 4.78 is 1.77. The van der Waals surface area contributed by atoms with Crippen molar-refractivity contribution in [3.05, 3.63) is 101 Å². The number of rotatable bonds is 4. The smallest absolute Gasteiger partial charge is 0.407 e. The average molecular weight is 531 g/mol. The Morgan fingerprint density at radius 2 is 1.77 bits per heavy atom. The summed E-state index contributed by atoms with van der Waals surface area (Å²) in [6.07, 6.45) is 4.18. The first-order chi connectivity index (χ1) is 19.5. The maximum Gasteiger partial charge on any atom is 0.407 e. The molecular weight excluding hydrogens is 504 g/mol. The Bertz CT molecular complexity index is 1950. The molecule has 1 aliphatic heterocycles. The molecule has 9 nitrogen and oxygen atoms in total. The number of hydrogen-bond acceptors (Lipinski definition) is 5. The molecule has 0 radical (unpaired) electrons. The van der Waals surface area contributed by atoms with Gasteiger partial charge in [0.05, 0.1) is 34.0 Å². The highest BCUT2D eigenvalue weighted by atomic mass is 16.4. The van der Waals surface area contributed by atoms with Crippen LogP contribution >= 0.6 is 0 Å². The second-order valence-corrected chi connectivity index (χ2v) is 10.3. The van der Waals surface area contributed by atoms with Gasteiger partial charge < -0.3 is 15.0 Å². The fourth-order valence-corrected chi connectivity index (χ4v) is 5.98. The Morgan fingerprint density at radius 1 is 0.975 bits per heavy atom. The van der Waals surface area contributed by atoms with E-state index in [0.717, 1.165) is 27.7 Å². The van der Waals surface area contributed by atoms with Crippen molar-refractivity contribution in [2.75, 3.05) is 6.54 Å². The number of imidazole rings is 1. The van der Waals surface area contributed by atoms with Gasteiger partial charge in [0.2, 0.25) is 0 Å². The number of piperidine rings is 1. The number of amides is 1. The molecule has 0 saturated carbocycles. The topological polar surface area (TPSA) is 117 Å². The molecule has 7 rings (SSSR count). The SMILES string of the molecule is O=C(O)N1CCC(n2c(=O)[nH]c3cnc4ccc(-c5cnc6ccccc6c5)nc4c32)CC1Cc1ccccc1. The number of aromatic amines is 1. The van der Waals surface area contributed by atoms with Crippen LogP contribution in [0, 0.1) is 0 Å². The van der Waals surface area contributed by atoms with Crippen LogP contribution in [0.1, 0.15) is 24.4 Å². The molecule has 9 heteroatoms. The van der Waals surface area contributed by atoms with E-state index in [-0.39, 0.29) is 17.8 Å². The predicted octanol–water partition coefficient (Wildman–Crippen LogP) is 5.41. The van der Waals surface area contributed by atoms with Crippen LogP contribution in [0.3, 0.4) is 0 Å². The number of nitrogens with zero attached hydrogens (tertiary/aromatic N) is 5. The number of nitrogens with one attached hydrogen (secondary N) is 1. The van der Waals surface area contributed by atoms with Crippen LogP contribution in [-0.4, -0.2) is 53.2 Å². The first-order valence-corrected chi connectivity index (χ1v) is 13.3. The third-order valence-corrected chi connectivity index (χ3v) is 7.89. The molecule has 2 N–H and O–H groups in total. The van der Waals surface area contributed by atoms with Gasteiger partial charge in [0, 0.05) is 35.8 Å². The Kier molecular flexibility index (Phi) is 5.77. The molecule has 2 unspecified atom stereocenters. The monoisotopic (exact) mass is 530 g/mol. The molecule has 0 spiro atoms. The lowest BCUT2D eigenvalue weighted by molar-refractivity contribution is 0.0915. The minimum absolute atomic E-state index is 0.191. The van der Waals surface area contributed by atoms with E-state index >= 15 is 0 Å². The molecule has 0 bridgehead atoms. The number of carboxylic acid groups (broad SMARTS) is 1. The summed E-state index contributed by atoms with van der Waals surface area (Å²) in [6.45, 7) is 0.348. The van der Waals surface area contributed by atoms with Gasteiger partial charge in [-0.3, -0.25) is 14.5 Å². The van der Waals surface area contributed by atoms with E-state index < -0.39 is 6.09 Å². The zero-order chi connectivity index (χ0) is 27.2. The summed E-state index contributed by atoms with van der Waals surface area (Å²) in [4.78, 5) is 44.1. The molecular formula is C31H26N6O3. The fourth-order valence-electron chi connectivity index (χ4n) is 5.98. The number of H-pyrrole nitrogens is 1. The summed E-state index contributed by atoms with van der Waals surface area (Å²) in [5.74, 6) is 0. The lowest BCUT2D eigenvalue weighted by atomic mass is 9.92. The lowest BCUT2D eigenvalue weighted by Crippen LogP contribution is -2.47. The predicted molar refractivity (Wildman–Crippen MR) is 153 cm³/mol. The molecule has 1 aliphatic rings. The second-order valence-electron chi connectivity index (χ2n) is 10.3. The van der Waals surface area contributed by atoms with Crippen LogP contribution in [0.4, 0.5) is 4.79 Å². The Balaban J connectivity index is 1.32. The molecule has 4 aromatic heterocycles. The number of likely N-dealkylation sites (tertiary alicyclic amines) is 1. The van der Waals surface area contributed by atoms with Crippen molar-refractivity contribution in [1.29, 1.82) is 0 Å². The van der Waals surface area contributed by atoms with Crippen molar-refractivity contribution in [2.24, 2.45) is 0 Å². The van der Waals surface area contributed by atoms with Crippen molar-refractivity contribution in [3.8, 4) is 11.3 Å². The zero-order valence-electron chi connectivity index (χ0n) is 21.6. The molecule has 40 heavy (non-hydrogen) atoms. The lowest BCUT2D eigenvalue weighted by Gasteiger charge is -2.38. The van der Waals surface area contributed by atoms with Crippen molar-refractivity contribution < 1.29 is 9.90 Å². The number of hydrogen-bond donors (Lipinski definition) is 2. The number of fused-ring (bicyclic) bond motifs is 4. The van der Waals surface area contributed by atoms with E-state index in [0.29, 0.717) is 47.9 Å². The fraction of sp³-hybridized carbons (Fsp3) is 0.194. The van der Waals surface area contributed by atoms with Gasteiger partial charge in [-0.05, 0) is 49.1 Å². The summed E-state index contributed by atoms with van der Waals surface area (Å²) in [7, 11) is 0. The van der Waals surface area contributed by atoms with Crippen LogP contribution in [-0.2, 0) is 6.42 Å². The van der Waals surface area contributed by atoms with E-state index in [1.807, 2.05) is 72.9 Å². The van der Waals surface area contributed by atoms with Crippen molar-refractivity contribution in [2.45, 2.75) is 31.3 Å². The number of para-hydroxylation sites is 1. The Morgan fingerprint density at radius 3 is 2.62 bits per heavy atom. The maximum atomic E-state index is 13.4. The third-order valence-electron chi connectivity index (χ3n) is 7.89. The van der Waals surface area contributed by atoms with Gasteiger partial charge in [-0.2, -0.15) is 0 Å². The number of benzene rings is 2. The van der Waals surface area contributed by atoms with Gasteiger partial charge in [0.25, 0.3) is 0 Å². The maximum absolute atomic E-state index is 13.4. The van der Waals surface area contributed by atoms with Crippen LogP contribution in [0.15, 0.2) is 90.0 Å². The summed E-state index contributed by atoms with van der Waals surface area (Å²) in [5, 5.41) is 10.9. The van der Waals surface area contributed by atoms with E-state index in [1.54, 1.807) is 10.8 Å². The highest BCUT2D eigenvalue weighted by Crippen LogP contribution is 2.33. The van der Waals surface area contributed by atoms with Crippen LogP contribution in [0.2, 0.25) is 0 Å². The average Bonchev–Trinajstić information content (AvgIpc) is 3.33. The highest BCUT2D eigenvalue weighted by molar-refractivity contribution is 6.00. The molecule has 6 aromatic rings. The minimum Gasteiger partial charge on any atom is -0.465 e. The van der Waals surface area contributed by atoms with Gasteiger partial charge in [0.1, 0.15) is 5.52 Å². The molecule has 5 heterocycles. The van der Waals surface area contributed by atoms with E-state index in [9.17, 15) is 14.7 Å². The van der Waals surface area contributed by atoms with Gasteiger partial charge in [-0.15, -0.1) is 0 Å². The Hall–Kier alpha value is -5.05. The Labute approximate surface area is 228 Å².